The second-order valence-electron chi connectivity index (χ2n) is 11.2. The van der Waals surface area contributed by atoms with E-state index in [1.807, 2.05) is 24.4 Å². The molecule has 0 saturated heterocycles. The number of nitrogens with zero attached hydrogens (tertiary/aromatic N) is 1. The van der Waals surface area contributed by atoms with E-state index in [0.717, 1.165) is 18.8 Å². The van der Waals surface area contributed by atoms with Crippen LogP contribution < -0.4 is 4.74 Å². The van der Waals surface area contributed by atoms with Gasteiger partial charge in [0.25, 0.3) is 0 Å². The van der Waals surface area contributed by atoms with E-state index in [1.54, 1.807) is 0 Å². The molecule has 36 heavy (non-hydrogen) atoms. The van der Waals surface area contributed by atoms with E-state index in [0.29, 0.717) is 22.9 Å². The number of benzene rings is 1. The van der Waals surface area contributed by atoms with Gasteiger partial charge >= 0.3 is 0 Å². The molecule has 1 aliphatic rings. The Morgan fingerprint density at radius 1 is 0.861 bits per heavy atom. The summed E-state index contributed by atoms with van der Waals surface area (Å²) in [4.78, 5) is 4.66. The van der Waals surface area contributed by atoms with Gasteiger partial charge in [-0.1, -0.05) is 84.1 Å². The van der Waals surface area contributed by atoms with Crippen LogP contribution in [0.1, 0.15) is 135 Å². The van der Waals surface area contributed by atoms with Crippen LogP contribution in [0, 0.1) is 11.7 Å². The summed E-state index contributed by atoms with van der Waals surface area (Å²) in [6.07, 6.45) is 23.0. The molecule has 2 nitrogen and oxygen atoms in total. The fourth-order valence-electron chi connectivity index (χ4n) is 5.73. The van der Waals surface area contributed by atoms with E-state index in [4.69, 9.17) is 4.74 Å². The molecule has 0 bridgehead atoms. The number of hydrogen-bond donors (Lipinski definition) is 0. The molecule has 0 amide bonds. The molecule has 0 spiro atoms. The maximum Gasteiger partial charge on any atom is 0.136 e. The number of halogens is 1. The zero-order chi connectivity index (χ0) is 25.6. The van der Waals surface area contributed by atoms with Crippen LogP contribution >= 0.6 is 0 Å². The Kier molecular flexibility index (Phi) is 12.8. The third kappa shape index (κ3) is 9.52. The molecular formula is C33H50FNO. The Morgan fingerprint density at radius 3 is 2.22 bits per heavy atom. The lowest BCUT2D eigenvalue weighted by atomic mass is 9.77. The lowest BCUT2D eigenvalue weighted by Gasteiger charge is -2.28. The number of ether oxygens (including phenoxy) is 1. The largest absolute Gasteiger partial charge is 0.491 e. The summed E-state index contributed by atoms with van der Waals surface area (Å²) >= 11 is 0. The summed E-state index contributed by atoms with van der Waals surface area (Å²) in [5.41, 5.74) is 2.56. The van der Waals surface area contributed by atoms with Crippen LogP contribution in [-0.2, 0) is 0 Å². The molecule has 1 aromatic carbocycles. The Morgan fingerprint density at radius 2 is 1.56 bits per heavy atom. The van der Waals surface area contributed by atoms with Crippen LogP contribution in [0.4, 0.5) is 4.39 Å². The van der Waals surface area contributed by atoms with Crippen LogP contribution in [0.2, 0.25) is 0 Å². The maximum absolute atomic E-state index is 14.9. The zero-order valence-electron chi connectivity index (χ0n) is 23.2. The number of hydrogen-bond acceptors (Lipinski definition) is 2. The summed E-state index contributed by atoms with van der Waals surface area (Å²) < 4.78 is 20.9. The molecular weight excluding hydrogens is 445 g/mol. The topological polar surface area (TPSA) is 22.1 Å². The van der Waals surface area contributed by atoms with Crippen molar-refractivity contribution in [1.82, 2.24) is 4.98 Å². The summed E-state index contributed by atoms with van der Waals surface area (Å²) in [7, 11) is 0. The number of unbranched alkanes of at least 4 members (excludes halogenated alkanes) is 8. The van der Waals surface area contributed by atoms with Gasteiger partial charge in [-0.25, -0.2) is 4.39 Å². The zero-order valence-corrected chi connectivity index (χ0v) is 23.2. The first-order valence-corrected chi connectivity index (χ1v) is 15.0. The molecule has 0 N–H and O–H groups in total. The molecule has 1 fully saturated rings. The van der Waals surface area contributed by atoms with Gasteiger partial charge in [-0.3, -0.25) is 4.98 Å². The predicted octanol–water partition coefficient (Wildman–Crippen LogP) is 10.6. The van der Waals surface area contributed by atoms with Crippen LogP contribution in [0.15, 0.2) is 36.5 Å². The van der Waals surface area contributed by atoms with Crippen molar-refractivity contribution in [2.45, 2.75) is 136 Å². The summed E-state index contributed by atoms with van der Waals surface area (Å²) in [5.74, 6) is 1.86. The second kappa shape index (κ2) is 16.0. The van der Waals surface area contributed by atoms with Crippen molar-refractivity contribution in [3.63, 3.8) is 0 Å². The van der Waals surface area contributed by atoms with Crippen LogP contribution in [-0.4, -0.2) is 11.1 Å². The molecule has 0 radical (unpaired) electrons. The first-order chi connectivity index (χ1) is 17.6. The van der Waals surface area contributed by atoms with Gasteiger partial charge in [0.15, 0.2) is 0 Å². The monoisotopic (exact) mass is 495 g/mol. The highest BCUT2D eigenvalue weighted by atomic mass is 19.1. The first kappa shape index (κ1) is 28.7. The van der Waals surface area contributed by atoms with Gasteiger partial charge in [0.2, 0.25) is 0 Å². The molecule has 1 heterocycles. The highest BCUT2D eigenvalue weighted by molar-refractivity contribution is 5.61. The van der Waals surface area contributed by atoms with E-state index in [9.17, 15) is 4.39 Å². The fourth-order valence-corrected chi connectivity index (χ4v) is 5.73. The standard InChI is InChI=1S/C33H50FNO/c1-4-6-8-10-11-13-15-27-16-18-28(19-17-27)29-20-23-33(35-25-29)31-22-21-30(24-32(31)34)36-26(3)14-12-9-7-5-2/h20-28H,4-19H2,1-3H3/t26-,27?,28?/m0/s1. The highest BCUT2D eigenvalue weighted by Crippen LogP contribution is 2.38. The third-order valence-corrected chi connectivity index (χ3v) is 8.09. The minimum atomic E-state index is -0.263. The molecule has 0 unspecified atom stereocenters. The average molecular weight is 496 g/mol. The van der Waals surface area contributed by atoms with Crippen molar-refractivity contribution in [2.24, 2.45) is 5.92 Å². The van der Waals surface area contributed by atoms with Crippen LogP contribution in [0.3, 0.4) is 0 Å². The van der Waals surface area contributed by atoms with Crippen LogP contribution in [0.5, 0.6) is 5.75 Å². The van der Waals surface area contributed by atoms with Crippen molar-refractivity contribution < 1.29 is 9.13 Å². The first-order valence-electron chi connectivity index (χ1n) is 15.0. The highest BCUT2D eigenvalue weighted by Gasteiger charge is 2.22. The molecule has 1 aromatic heterocycles. The molecule has 3 heteroatoms. The molecule has 1 saturated carbocycles. The van der Waals surface area contributed by atoms with Crippen LogP contribution in [0.25, 0.3) is 11.3 Å². The molecule has 1 atom stereocenters. The van der Waals surface area contributed by atoms with E-state index >= 15 is 0 Å². The molecule has 0 aliphatic heterocycles. The predicted molar refractivity (Wildman–Crippen MR) is 151 cm³/mol. The van der Waals surface area contributed by atoms with Crippen molar-refractivity contribution in [1.29, 1.82) is 0 Å². The quantitative estimate of drug-likeness (QED) is 0.216. The van der Waals surface area contributed by atoms with Gasteiger partial charge in [-0.05, 0) is 81.0 Å². The fraction of sp³-hybridized carbons (Fsp3) is 0.667. The normalized spacial score (nSPS) is 18.8. The number of pyridine rings is 1. The number of rotatable bonds is 16. The Hall–Kier alpha value is -1.90. The van der Waals surface area contributed by atoms with E-state index < -0.39 is 0 Å². The van der Waals surface area contributed by atoms with E-state index in [2.05, 4.69) is 31.8 Å². The van der Waals surface area contributed by atoms with Crippen molar-refractivity contribution in [2.75, 3.05) is 0 Å². The molecule has 3 rings (SSSR count). The van der Waals surface area contributed by atoms with Gasteiger partial charge < -0.3 is 4.74 Å². The van der Waals surface area contributed by atoms with E-state index in [1.165, 1.54) is 102 Å². The van der Waals surface area contributed by atoms with Gasteiger partial charge in [0.05, 0.1) is 11.8 Å². The molecule has 200 valence electrons. The maximum atomic E-state index is 14.9. The summed E-state index contributed by atoms with van der Waals surface area (Å²) in [6.45, 7) is 6.57. The number of aromatic nitrogens is 1. The van der Waals surface area contributed by atoms with Crippen molar-refractivity contribution in [3.05, 3.63) is 47.9 Å². The van der Waals surface area contributed by atoms with Gasteiger partial charge in [-0.2, -0.15) is 0 Å². The minimum Gasteiger partial charge on any atom is -0.491 e. The van der Waals surface area contributed by atoms with E-state index in [-0.39, 0.29) is 11.9 Å². The molecule has 2 aromatic rings. The second-order valence-corrected chi connectivity index (χ2v) is 11.2. The average Bonchev–Trinajstić information content (AvgIpc) is 2.89. The summed E-state index contributed by atoms with van der Waals surface area (Å²) in [5, 5.41) is 0. The van der Waals surface area contributed by atoms with Gasteiger partial charge in [-0.15, -0.1) is 0 Å². The summed E-state index contributed by atoms with van der Waals surface area (Å²) in [6, 6.07) is 9.36. The van der Waals surface area contributed by atoms with Gasteiger partial charge in [0.1, 0.15) is 11.6 Å². The molecule has 1 aliphatic carbocycles. The Labute approximate surface area is 220 Å². The van der Waals surface area contributed by atoms with Gasteiger partial charge in [0, 0.05) is 17.8 Å². The SMILES string of the molecule is CCCCCCCCC1CCC(c2ccc(-c3ccc(O[C@@H](C)CCCCCC)cc3F)nc2)CC1. The lowest BCUT2D eigenvalue weighted by Crippen LogP contribution is -2.13. The Balaban J connectivity index is 1.44. The smallest absolute Gasteiger partial charge is 0.136 e. The lowest BCUT2D eigenvalue weighted by molar-refractivity contribution is 0.205. The van der Waals surface area contributed by atoms with Crippen molar-refractivity contribution in [3.8, 4) is 17.0 Å². The van der Waals surface area contributed by atoms with Crippen molar-refractivity contribution >= 4 is 0 Å². The third-order valence-electron chi connectivity index (χ3n) is 8.09. The Bertz CT molecular complexity index is 856. The minimum absolute atomic E-state index is 0.102.